The number of halogens is 1. The van der Waals surface area contributed by atoms with Gasteiger partial charge < -0.3 is 24.4 Å². The monoisotopic (exact) mass is 517 g/mol. The van der Waals surface area contributed by atoms with Crippen LogP contribution >= 0.6 is 24.0 Å². The molecule has 0 aromatic heterocycles. The van der Waals surface area contributed by atoms with E-state index in [2.05, 4.69) is 40.3 Å². The molecule has 1 aromatic rings. The van der Waals surface area contributed by atoms with E-state index in [1.807, 2.05) is 7.05 Å². The van der Waals surface area contributed by atoms with Crippen molar-refractivity contribution < 1.29 is 14.2 Å². The van der Waals surface area contributed by atoms with Gasteiger partial charge in [-0.05, 0) is 32.3 Å². The van der Waals surface area contributed by atoms with Gasteiger partial charge in [0.1, 0.15) is 5.75 Å². The minimum Gasteiger partial charge on any atom is -0.496 e. The van der Waals surface area contributed by atoms with Crippen LogP contribution in [0.4, 0.5) is 0 Å². The minimum absolute atomic E-state index is 0. The van der Waals surface area contributed by atoms with E-state index in [4.69, 9.17) is 14.2 Å². The van der Waals surface area contributed by atoms with Gasteiger partial charge in [0.15, 0.2) is 5.96 Å². The highest BCUT2D eigenvalue weighted by Gasteiger charge is 2.37. The van der Waals surface area contributed by atoms with Gasteiger partial charge in [0.05, 0.1) is 13.7 Å². The van der Waals surface area contributed by atoms with Gasteiger partial charge in [0.25, 0.3) is 0 Å². The molecule has 0 amide bonds. The lowest BCUT2D eigenvalue weighted by Crippen LogP contribution is -2.49. The number of nitrogens with one attached hydrogen (secondary N) is 1. The number of aryl methyl sites for hydroxylation is 1. The topological polar surface area (TPSA) is 55.3 Å². The van der Waals surface area contributed by atoms with Gasteiger partial charge in [-0.15, -0.1) is 24.0 Å². The van der Waals surface area contributed by atoms with Crippen molar-refractivity contribution in [2.24, 2.45) is 10.9 Å². The highest BCUT2D eigenvalue weighted by atomic mass is 127. The highest BCUT2D eigenvalue weighted by molar-refractivity contribution is 14.0. The van der Waals surface area contributed by atoms with Crippen molar-refractivity contribution in [2.45, 2.75) is 31.6 Å². The van der Waals surface area contributed by atoms with E-state index in [-0.39, 0.29) is 29.4 Å². The number of ether oxygens (including phenoxy) is 3. The van der Waals surface area contributed by atoms with Gasteiger partial charge in [-0.25, -0.2) is 0 Å². The Labute approximate surface area is 192 Å². The molecule has 1 atom stereocenters. The van der Waals surface area contributed by atoms with Gasteiger partial charge in [0.2, 0.25) is 0 Å². The van der Waals surface area contributed by atoms with Crippen molar-refractivity contribution in [2.75, 3.05) is 60.7 Å². The molecule has 164 valence electrons. The number of likely N-dealkylation sites (tertiary alicyclic amines) is 1. The Bertz CT molecular complexity index is 677. The maximum atomic E-state index is 5.73. The second kappa shape index (κ2) is 11.4. The van der Waals surface area contributed by atoms with Gasteiger partial charge >= 0.3 is 0 Å². The number of aliphatic imine (C=N–C) groups is 1. The maximum absolute atomic E-state index is 5.73. The molecule has 0 bridgehead atoms. The first-order valence-electron chi connectivity index (χ1n) is 10.3. The lowest BCUT2D eigenvalue weighted by Gasteiger charge is -2.39. The van der Waals surface area contributed by atoms with E-state index >= 15 is 0 Å². The normalized spacial score (nSPS) is 21.6. The lowest BCUT2D eigenvalue weighted by molar-refractivity contribution is 0.0503. The van der Waals surface area contributed by atoms with Crippen LogP contribution in [-0.2, 0) is 14.9 Å². The van der Waals surface area contributed by atoms with Crippen molar-refractivity contribution in [1.29, 1.82) is 0 Å². The molecule has 0 radical (unpaired) electrons. The summed E-state index contributed by atoms with van der Waals surface area (Å²) in [4.78, 5) is 6.91. The average molecular weight is 517 g/mol. The highest BCUT2D eigenvalue weighted by Crippen LogP contribution is 2.40. The summed E-state index contributed by atoms with van der Waals surface area (Å²) >= 11 is 0. The van der Waals surface area contributed by atoms with E-state index in [0.717, 1.165) is 70.4 Å². The second-order valence-electron chi connectivity index (χ2n) is 8.05. The Balaban J connectivity index is 0.00000300. The molecule has 2 aliphatic heterocycles. The van der Waals surface area contributed by atoms with E-state index in [0.29, 0.717) is 5.92 Å². The number of hydrogen-bond acceptors (Lipinski definition) is 4. The summed E-state index contributed by atoms with van der Waals surface area (Å²) in [5.41, 5.74) is 2.52. The second-order valence-corrected chi connectivity index (χ2v) is 8.05. The fraction of sp³-hybridized carbons (Fsp3) is 0.682. The Hall–Kier alpha value is -1.06. The molecular formula is C22H36IN3O3. The SMILES string of the molecule is CN=C(NCC1(c2cc(C)ccc2OC)CCOCC1)N1CCC(COC)C1.I. The fourth-order valence-electron chi connectivity index (χ4n) is 4.52. The van der Waals surface area contributed by atoms with E-state index in [1.165, 1.54) is 11.1 Å². The lowest BCUT2D eigenvalue weighted by atomic mass is 9.73. The zero-order valence-corrected chi connectivity index (χ0v) is 20.5. The molecule has 0 spiro atoms. The van der Waals surface area contributed by atoms with Gasteiger partial charge in [-0.3, -0.25) is 4.99 Å². The van der Waals surface area contributed by atoms with Crippen LogP contribution in [0.3, 0.4) is 0 Å². The fourth-order valence-corrected chi connectivity index (χ4v) is 4.52. The molecule has 0 saturated carbocycles. The molecule has 2 aliphatic rings. The molecule has 3 rings (SSSR count). The quantitative estimate of drug-likeness (QED) is 0.357. The predicted octanol–water partition coefficient (Wildman–Crippen LogP) is 3.21. The van der Waals surface area contributed by atoms with E-state index in [9.17, 15) is 0 Å². The van der Waals surface area contributed by atoms with Crippen LogP contribution in [-0.4, -0.2) is 71.6 Å². The molecule has 29 heavy (non-hydrogen) atoms. The number of rotatable bonds is 6. The van der Waals surface area contributed by atoms with Crippen LogP contribution < -0.4 is 10.1 Å². The van der Waals surface area contributed by atoms with Crippen LogP contribution in [0.15, 0.2) is 23.2 Å². The largest absolute Gasteiger partial charge is 0.496 e. The maximum Gasteiger partial charge on any atom is 0.193 e. The number of benzene rings is 1. The molecule has 2 saturated heterocycles. The van der Waals surface area contributed by atoms with Crippen LogP contribution in [0.5, 0.6) is 5.75 Å². The number of hydrogen-bond donors (Lipinski definition) is 1. The molecule has 0 aliphatic carbocycles. The van der Waals surface area contributed by atoms with Crippen LogP contribution in [0.25, 0.3) is 0 Å². The molecule has 7 heteroatoms. The zero-order valence-electron chi connectivity index (χ0n) is 18.2. The summed E-state index contributed by atoms with van der Waals surface area (Å²) in [5, 5.41) is 3.68. The Morgan fingerprint density at radius 1 is 1.31 bits per heavy atom. The number of guanidine groups is 1. The van der Waals surface area contributed by atoms with Crippen molar-refractivity contribution in [3.05, 3.63) is 29.3 Å². The molecule has 1 unspecified atom stereocenters. The number of methoxy groups -OCH3 is 2. The summed E-state index contributed by atoms with van der Waals surface area (Å²) in [5.74, 6) is 2.53. The zero-order chi connectivity index (χ0) is 20.0. The van der Waals surface area contributed by atoms with Crippen LogP contribution in [0.2, 0.25) is 0 Å². The third kappa shape index (κ3) is 5.76. The van der Waals surface area contributed by atoms with Gasteiger partial charge in [-0.2, -0.15) is 0 Å². The molecule has 1 N–H and O–H groups in total. The summed E-state index contributed by atoms with van der Waals surface area (Å²) in [7, 11) is 5.41. The molecule has 2 fully saturated rings. The summed E-state index contributed by atoms with van der Waals surface area (Å²) < 4.78 is 16.8. The predicted molar refractivity (Wildman–Crippen MR) is 128 cm³/mol. The first-order valence-corrected chi connectivity index (χ1v) is 10.3. The van der Waals surface area contributed by atoms with E-state index < -0.39 is 0 Å². The summed E-state index contributed by atoms with van der Waals surface area (Å²) in [6.45, 7) is 7.36. The molecule has 2 heterocycles. The van der Waals surface area contributed by atoms with Crippen molar-refractivity contribution in [3.63, 3.8) is 0 Å². The Morgan fingerprint density at radius 2 is 2.07 bits per heavy atom. The van der Waals surface area contributed by atoms with Gasteiger partial charge in [0, 0.05) is 63.9 Å². The Kier molecular flexibility index (Phi) is 9.49. The molecule has 1 aromatic carbocycles. The van der Waals surface area contributed by atoms with Crippen molar-refractivity contribution in [3.8, 4) is 5.75 Å². The van der Waals surface area contributed by atoms with E-state index in [1.54, 1.807) is 14.2 Å². The molecular weight excluding hydrogens is 481 g/mol. The van der Waals surface area contributed by atoms with Gasteiger partial charge in [-0.1, -0.05) is 17.7 Å². The third-order valence-electron chi connectivity index (χ3n) is 6.16. The van der Waals surface area contributed by atoms with Crippen LogP contribution in [0.1, 0.15) is 30.4 Å². The third-order valence-corrected chi connectivity index (χ3v) is 6.16. The standard InChI is InChI=1S/C22H35N3O3.HI/c1-17-5-6-20(27-4)19(13-17)22(8-11-28-12-9-22)16-24-21(23-2)25-10-7-18(14-25)15-26-3;/h5-6,13,18H,7-12,14-16H2,1-4H3,(H,23,24);1H. The first-order chi connectivity index (χ1) is 13.6. The number of nitrogens with zero attached hydrogens (tertiary/aromatic N) is 2. The summed E-state index contributed by atoms with van der Waals surface area (Å²) in [6, 6.07) is 6.48. The first kappa shape index (κ1) is 24.2. The van der Waals surface area contributed by atoms with Crippen molar-refractivity contribution >= 4 is 29.9 Å². The smallest absolute Gasteiger partial charge is 0.193 e. The average Bonchev–Trinajstić information content (AvgIpc) is 3.18. The minimum atomic E-state index is -0.0167. The Morgan fingerprint density at radius 3 is 2.72 bits per heavy atom. The van der Waals surface area contributed by atoms with Crippen LogP contribution in [0, 0.1) is 12.8 Å². The summed E-state index contributed by atoms with van der Waals surface area (Å²) in [6.07, 6.45) is 3.10. The van der Waals surface area contributed by atoms with Crippen molar-refractivity contribution in [1.82, 2.24) is 10.2 Å². The molecule has 6 nitrogen and oxygen atoms in total.